The predicted octanol–water partition coefficient (Wildman–Crippen LogP) is -1.77. The van der Waals surface area contributed by atoms with E-state index in [2.05, 4.69) is 4.90 Å². The summed E-state index contributed by atoms with van der Waals surface area (Å²) < 4.78 is 0. The van der Waals surface area contributed by atoms with Crippen molar-refractivity contribution in [3.63, 3.8) is 0 Å². The van der Waals surface area contributed by atoms with Gasteiger partial charge in [-0.1, -0.05) is 0 Å². The fourth-order valence-electron chi connectivity index (χ4n) is 1.49. The summed E-state index contributed by atoms with van der Waals surface area (Å²) in [4.78, 5) is 2.07. The molecule has 4 heteroatoms. The van der Waals surface area contributed by atoms with Gasteiger partial charge in [0.2, 0.25) is 0 Å². The van der Waals surface area contributed by atoms with Crippen molar-refractivity contribution in [1.82, 2.24) is 4.90 Å². The molecule has 1 fully saturated rings. The second-order valence-corrected chi connectivity index (χ2v) is 3.06. The molecule has 2 unspecified atom stereocenters. The first kappa shape index (κ1) is 8.93. The predicted molar refractivity (Wildman–Crippen MR) is 42.1 cm³/mol. The van der Waals surface area contributed by atoms with Crippen LogP contribution in [0.1, 0.15) is 0 Å². The van der Waals surface area contributed by atoms with E-state index in [1.165, 1.54) is 0 Å². The number of hydrogen-bond acceptors (Lipinski definition) is 4. The van der Waals surface area contributed by atoms with Gasteiger partial charge in [0.15, 0.2) is 0 Å². The van der Waals surface area contributed by atoms with Gasteiger partial charge in [0.25, 0.3) is 0 Å². The van der Waals surface area contributed by atoms with Crippen molar-refractivity contribution in [3.8, 4) is 0 Å². The third kappa shape index (κ3) is 2.13. The minimum absolute atomic E-state index is 0.0292. The molecule has 0 aliphatic carbocycles. The van der Waals surface area contributed by atoms with Crippen molar-refractivity contribution in [1.29, 1.82) is 0 Å². The van der Waals surface area contributed by atoms with Gasteiger partial charge in [-0.25, -0.2) is 0 Å². The number of rotatable bonds is 3. The van der Waals surface area contributed by atoms with E-state index in [0.717, 1.165) is 13.1 Å². The van der Waals surface area contributed by atoms with E-state index in [1.807, 2.05) is 0 Å². The van der Waals surface area contributed by atoms with Crippen molar-refractivity contribution in [2.45, 2.75) is 6.10 Å². The normalized spacial score (nSPS) is 33.0. The molecule has 1 saturated heterocycles. The third-order valence-corrected chi connectivity index (χ3v) is 2.16. The quantitative estimate of drug-likeness (QED) is 0.457. The average molecular weight is 160 g/mol. The van der Waals surface area contributed by atoms with Crippen molar-refractivity contribution in [3.05, 3.63) is 0 Å². The van der Waals surface area contributed by atoms with Gasteiger partial charge >= 0.3 is 0 Å². The number of β-amino-alcohol motifs (C(OH)–C–C–N with tert-alkyl or cyclic N) is 1. The van der Waals surface area contributed by atoms with Crippen LogP contribution in [0.3, 0.4) is 0 Å². The van der Waals surface area contributed by atoms with Crippen LogP contribution in [-0.2, 0) is 0 Å². The van der Waals surface area contributed by atoms with Gasteiger partial charge in [-0.2, -0.15) is 0 Å². The number of nitrogens with two attached hydrogens (primary N) is 1. The maximum atomic E-state index is 9.34. The summed E-state index contributed by atoms with van der Waals surface area (Å²) in [5.41, 5.74) is 5.35. The summed E-state index contributed by atoms with van der Waals surface area (Å²) in [5, 5.41) is 18.1. The molecule has 4 N–H and O–H groups in total. The fourth-order valence-corrected chi connectivity index (χ4v) is 1.49. The van der Waals surface area contributed by atoms with Crippen molar-refractivity contribution < 1.29 is 10.2 Å². The lowest BCUT2D eigenvalue weighted by Gasteiger charge is -2.12. The lowest BCUT2D eigenvalue weighted by atomic mass is 10.1. The Kier molecular flexibility index (Phi) is 3.26. The van der Waals surface area contributed by atoms with Gasteiger partial charge in [-0.15, -0.1) is 0 Å². The highest BCUT2D eigenvalue weighted by Gasteiger charge is 2.29. The van der Waals surface area contributed by atoms with Crippen LogP contribution in [0.5, 0.6) is 0 Å². The number of aliphatic hydroxyl groups is 2. The van der Waals surface area contributed by atoms with Gasteiger partial charge in [-0.3, -0.25) is 4.90 Å². The summed E-state index contributed by atoms with van der Waals surface area (Å²) in [6, 6.07) is 0. The Bertz CT molecular complexity index is 121. The van der Waals surface area contributed by atoms with Crippen molar-refractivity contribution in [2.75, 3.05) is 32.8 Å². The van der Waals surface area contributed by atoms with Gasteiger partial charge in [0.1, 0.15) is 0 Å². The van der Waals surface area contributed by atoms with Crippen LogP contribution in [0.2, 0.25) is 0 Å². The van der Waals surface area contributed by atoms with Crippen LogP contribution in [0.25, 0.3) is 0 Å². The minimum atomic E-state index is -0.369. The molecule has 0 spiro atoms. The van der Waals surface area contributed by atoms with Gasteiger partial charge in [0.05, 0.1) is 6.10 Å². The number of aliphatic hydroxyl groups excluding tert-OH is 2. The zero-order valence-corrected chi connectivity index (χ0v) is 6.61. The van der Waals surface area contributed by atoms with E-state index in [1.54, 1.807) is 0 Å². The molecule has 0 aromatic carbocycles. The number of likely N-dealkylation sites (tertiary alicyclic amines) is 1. The fraction of sp³-hybridized carbons (Fsp3) is 1.00. The number of hydrogen-bond donors (Lipinski definition) is 3. The Morgan fingerprint density at radius 3 is 2.64 bits per heavy atom. The summed E-state index contributed by atoms with van der Waals surface area (Å²) in [7, 11) is 0. The molecule has 0 aromatic heterocycles. The first-order chi connectivity index (χ1) is 5.27. The van der Waals surface area contributed by atoms with Gasteiger partial charge in [0, 0.05) is 38.7 Å². The van der Waals surface area contributed by atoms with Crippen LogP contribution in [0.15, 0.2) is 0 Å². The van der Waals surface area contributed by atoms with Crippen molar-refractivity contribution >= 4 is 0 Å². The zero-order valence-electron chi connectivity index (χ0n) is 6.61. The highest BCUT2D eigenvalue weighted by atomic mass is 16.3. The smallest absolute Gasteiger partial charge is 0.0729 e. The molecule has 4 nitrogen and oxygen atoms in total. The van der Waals surface area contributed by atoms with E-state index < -0.39 is 0 Å². The monoisotopic (exact) mass is 160 g/mol. The average Bonchev–Trinajstić information content (AvgIpc) is 2.32. The molecule has 11 heavy (non-hydrogen) atoms. The topological polar surface area (TPSA) is 69.7 Å². The molecule has 1 aliphatic rings. The molecule has 0 aromatic rings. The molecule has 0 saturated carbocycles. The molecular weight excluding hydrogens is 144 g/mol. The SMILES string of the molecule is NCCN1CC(O)C(CO)C1. The van der Waals surface area contributed by atoms with E-state index in [9.17, 15) is 5.11 Å². The first-order valence-electron chi connectivity index (χ1n) is 3.99. The van der Waals surface area contributed by atoms with E-state index >= 15 is 0 Å². The van der Waals surface area contributed by atoms with Gasteiger partial charge < -0.3 is 15.9 Å². The Morgan fingerprint density at radius 2 is 2.18 bits per heavy atom. The zero-order chi connectivity index (χ0) is 8.27. The highest BCUT2D eigenvalue weighted by molar-refractivity contribution is 4.82. The minimum Gasteiger partial charge on any atom is -0.396 e. The first-order valence-corrected chi connectivity index (χ1v) is 3.99. The highest BCUT2D eigenvalue weighted by Crippen LogP contribution is 2.15. The number of nitrogens with zero attached hydrogens (tertiary/aromatic N) is 1. The molecule has 1 aliphatic heterocycles. The maximum Gasteiger partial charge on any atom is 0.0729 e. The van der Waals surface area contributed by atoms with E-state index in [4.69, 9.17) is 10.8 Å². The largest absolute Gasteiger partial charge is 0.396 e. The molecule has 1 rings (SSSR count). The Hall–Kier alpha value is -0.160. The summed E-state index contributed by atoms with van der Waals surface area (Å²) in [6.45, 7) is 2.93. The van der Waals surface area contributed by atoms with Crippen molar-refractivity contribution in [2.24, 2.45) is 11.7 Å². The molecule has 0 radical (unpaired) electrons. The maximum absolute atomic E-state index is 9.34. The van der Waals surface area contributed by atoms with Crippen LogP contribution in [0.4, 0.5) is 0 Å². The molecule has 66 valence electrons. The second kappa shape index (κ2) is 4.01. The van der Waals surface area contributed by atoms with E-state index in [-0.39, 0.29) is 18.6 Å². The van der Waals surface area contributed by atoms with Crippen LogP contribution < -0.4 is 5.73 Å². The summed E-state index contributed by atoms with van der Waals surface area (Å²) in [5.74, 6) is 0.0292. The second-order valence-electron chi connectivity index (χ2n) is 3.06. The molecular formula is C7H16N2O2. The van der Waals surface area contributed by atoms with Crippen LogP contribution in [-0.4, -0.2) is 54.0 Å². The van der Waals surface area contributed by atoms with E-state index in [0.29, 0.717) is 13.1 Å². The molecule has 1 heterocycles. The molecule has 2 atom stereocenters. The lowest BCUT2D eigenvalue weighted by molar-refractivity contribution is 0.103. The Labute approximate surface area is 66.6 Å². The summed E-state index contributed by atoms with van der Waals surface area (Å²) >= 11 is 0. The molecule has 0 bridgehead atoms. The summed E-state index contributed by atoms with van der Waals surface area (Å²) in [6.07, 6.45) is -0.369. The third-order valence-electron chi connectivity index (χ3n) is 2.16. The Morgan fingerprint density at radius 1 is 1.45 bits per heavy atom. The van der Waals surface area contributed by atoms with Crippen LogP contribution in [0, 0.1) is 5.92 Å². The van der Waals surface area contributed by atoms with Gasteiger partial charge in [-0.05, 0) is 0 Å². The Balaban J connectivity index is 2.30. The standard InChI is InChI=1S/C7H16N2O2/c8-1-2-9-3-6(5-10)7(11)4-9/h6-7,10-11H,1-5,8H2. The van der Waals surface area contributed by atoms with Crippen LogP contribution >= 0.6 is 0 Å². The molecule has 0 amide bonds. The lowest BCUT2D eigenvalue weighted by Crippen LogP contribution is -2.28.